The number of nitrogens with one attached hydrogen (secondary N) is 1. The molecule has 1 fully saturated rings. The van der Waals surface area contributed by atoms with Gasteiger partial charge in [0, 0.05) is 63.5 Å². The molecule has 37 heavy (non-hydrogen) atoms. The number of fused-ring (bicyclic) bond motifs is 6. The highest BCUT2D eigenvalue weighted by atomic mass is 16.2. The van der Waals surface area contributed by atoms with Crippen LogP contribution in [-0.2, 0) is 22.6 Å². The number of aryl methyl sites for hydroxylation is 1. The Morgan fingerprint density at radius 3 is 2.65 bits per heavy atom. The predicted octanol–water partition coefficient (Wildman–Crippen LogP) is 3.31. The van der Waals surface area contributed by atoms with Gasteiger partial charge in [0.15, 0.2) is 0 Å². The Bertz CT molecular complexity index is 1380. The van der Waals surface area contributed by atoms with E-state index in [0.29, 0.717) is 39.0 Å². The van der Waals surface area contributed by atoms with Gasteiger partial charge in [-0.2, -0.15) is 0 Å². The quantitative estimate of drug-likeness (QED) is 0.506. The van der Waals surface area contributed by atoms with Crippen molar-refractivity contribution in [1.82, 2.24) is 19.7 Å². The summed E-state index contributed by atoms with van der Waals surface area (Å²) in [4.78, 5) is 44.1. The smallest absolute Gasteiger partial charge is 0.257 e. The van der Waals surface area contributed by atoms with Crippen molar-refractivity contribution in [2.24, 2.45) is 0 Å². The van der Waals surface area contributed by atoms with Crippen LogP contribution in [0.4, 0.5) is 5.69 Å². The van der Waals surface area contributed by atoms with Crippen LogP contribution in [0, 0.1) is 0 Å². The van der Waals surface area contributed by atoms with Gasteiger partial charge in [-0.15, -0.1) is 0 Å². The van der Waals surface area contributed by atoms with Crippen molar-refractivity contribution in [2.45, 2.75) is 44.8 Å². The van der Waals surface area contributed by atoms with Crippen LogP contribution in [0.5, 0.6) is 0 Å². The van der Waals surface area contributed by atoms with Gasteiger partial charge in [0.05, 0.1) is 16.9 Å². The van der Waals surface area contributed by atoms with Gasteiger partial charge in [0.1, 0.15) is 6.17 Å². The van der Waals surface area contributed by atoms with Gasteiger partial charge in [0.25, 0.3) is 5.91 Å². The number of aromatic nitrogens is 1. The molecule has 3 aliphatic rings. The van der Waals surface area contributed by atoms with Crippen molar-refractivity contribution in [3.8, 4) is 0 Å². The third kappa shape index (κ3) is 4.04. The summed E-state index contributed by atoms with van der Waals surface area (Å²) < 4.78 is 2.25. The van der Waals surface area contributed by atoms with E-state index in [0.717, 1.165) is 48.3 Å². The van der Waals surface area contributed by atoms with Gasteiger partial charge >= 0.3 is 0 Å². The van der Waals surface area contributed by atoms with Crippen LogP contribution >= 0.6 is 0 Å². The van der Waals surface area contributed by atoms with Gasteiger partial charge in [-0.3, -0.25) is 14.4 Å². The summed E-state index contributed by atoms with van der Waals surface area (Å²) in [6, 6.07) is 16.2. The van der Waals surface area contributed by atoms with Crippen LogP contribution in [0.1, 0.15) is 53.5 Å². The predicted molar refractivity (Wildman–Crippen MR) is 142 cm³/mol. The molecule has 0 saturated carbocycles. The Kier molecular flexibility index (Phi) is 6.10. The van der Waals surface area contributed by atoms with E-state index in [1.165, 1.54) is 10.9 Å². The van der Waals surface area contributed by atoms with E-state index < -0.39 is 0 Å². The molecule has 1 saturated heterocycles. The Labute approximate surface area is 216 Å². The molecule has 1 aromatic heterocycles. The molecule has 0 spiro atoms. The second kappa shape index (κ2) is 9.57. The van der Waals surface area contributed by atoms with Crippen LogP contribution in [0.2, 0.25) is 0 Å². The van der Waals surface area contributed by atoms with Gasteiger partial charge in [-0.25, -0.2) is 0 Å². The maximum Gasteiger partial charge on any atom is 0.257 e. The summed E-state index contributed by atoms with van der Waals surface area (Å²) in [5, 5.41) is 4.23. The van der Waals surface area contributed by atoms with Crippen molar-refractivity contribution >= 4 is 34.3 Å². The fraction of sp³-hybridized carbons (Fsp3) is 0.414. The Morgan fingerprint density at radius 2 is 1.81 bits per heavy atom. The topological polar surface area (TPSA) is 77.9 Å². The maximum atomic E-state index is 13.5. The Morgan fingerprint density at radius 1 is 1.00 bits per heavy atom. The van der Waals surface area contributed by atoms with Crippen molar-refractivity contribution in [3.05, 3.63) is 65.4 Å². The number of hydrogen-bond acceptors (Lipinski definition) is 4. The number of anilines is 1. The number of rotatable bonds is 7. The zero-order valence-corrected chi connectivity index (χ0v) is 21.3. The molecule has 2 aromatic carbocycles. The molecular formula is C29H33N5O3. The first-order valence-corrected chi connectivity index (χ1v) is 13.3. The van der Waals surface area contributed by atoms with Gasteiger partial charge in [0.2, 0.25) is 11.8 Å². The molecule has 6 rings (SSSR count). The molecular weight excluding hydrogens is 466 g/mol. The minimum atomic E-state index is -0.209. The third-order valence-corrected chi connectivity index (χ3v) is 8.07. The molecule has 1 atom stereocenters. The fourth-order valence-corrected chi connectivity index (χ4v) is 6.29. The normalized spacial score (nSPS) is 18.7. The molecule has 3 aliphatic heterocycles. The lowest BCUT2D eigenvalue weighted by Gasteiger charge is -2.46. The zero-order chi connectivity index (χ0) is 25.5. The van der Waals surface area contributed by atoms with E-state index in [1.807, 2.05) is 40.1 Å². The highest BCUT2D eigenvalue weighted by Gasteiger charge is 2.42. The lowest BCUT2D eigenvalue weighted by Crippen LogP contribution is -2.51. The van der Waals surface area contributed by atoms with Crippen molar-refractivity contribution in [1.29, 1.82) is 0 Å². The van der Waals surface area contributed by atoms with E-state index in [-0.39, 0.29) is 23.9 Å². The van der Waals surface area contributed by atoms with Crippen LogP contribution in [-0.4, -0.2) is 65.3 Å². The molecule has 0 aliphatic carbocycles. The number of nitrogens with zero attached hydrogens (tertiary/aromatic N) is 4. The molecule has 192 valence electrons. The molecule has 3 aromatic rings. The third-order valence-electron chi connectivity index (χ3n) is 8.07. The van der Waals surface area contributed by atoms with E-state index in [1.54, 1.807) is 0 Å². The first-order valence-electron chi connectivity index (χ1n) is 13.3. The molecule has 0 bridgehead atoms. The van der Waals surface area contributed by atoms with Crippen molar-refractivity contribution < 1.29 is 14.4 Å². The summed E-state index contributed by atoms with van der Waals surface area (Å²) in [6.45, 7) is 3.31. The minimum absolute atomic E-state index is 0.00497. The van der Waals surface area contributed by atoms with Crippen LogP contribution in [0.15, 0.2) is 48.5 Å². The van der Waals surface area contributed by atoms with Gasteiger partial charge in [-0.05, 0) is 43.0 Å². The number of benzene rings is 2. The monoisotopic (exact) mass is 499 g/mol. The second-order valence-electron chi connectivity index (χ2n) is 10.2. The van der Waals surface area contributed by atoms with Crippen LogP contribution in [0.25, 0.3) is 10.9 Å². The summed E-state index contributed by atoms with van der Waals surface area (Å²) >= 11 is 0. The molecule has 8 nitrogen and oxygen atoms in total. The standard InChI is InChI=1S/C29H33N5O3/c1-31-23-10-4-3-9-22(23)29(37)34-18-13-21-20-8-2-5-11-24(20)33(27(21)28(31)34)19-14-25(35)30-15-7-17-32-16-6-12-26(32)36/h2-5,8-11,28H,6-7,12-19H2,1H3,(H,30,35). The first-order chi connectivity index (χ1) is 18.0. The number of likely N-dealkylation sites (tertiary alicyclic amines) is 1. The summed E-state index contributed by atoms with van der Waals surface area (Å²) in [5.74, 6) is 0.291. The average Bonchev–Trinajstić information content (AvgIpc) is 3.48. The number of hydrogen-bond donors (Lipinski definition) is 1. The lowest BCUT2D eigenvalue weighted by molar-refractivity contribution is -0.127. The maximum absolute atomic E-state index is 13.5. The van der Waals surface area contributed by atoms with Crippen molar-refractivity contribution in [3.63, 3.8) is 0 Å². The van der Waals surface area contributed by atoms with E-state index in [4.69, 9.17) is 0 Å². The summed E-state index contributed by atoms with van der Waals surface area (Å²) in [6.07, 6.45) is 3.29. The first kappa shape index (κ1) is 23.6. The molecule has 3 amide bonds. The average molecular weight is 500 g/mol. The molecule has 8 heteroatoms. The van der Waals surface area contributed by atoms with Crippen molar-refractivity contribution in [2.75, 3.05) is 38.1 Å². The zero-order valence-electron chi connectivity index (χ0n) is 21.3. The number of amides is 3. The van der Waals surface area contributed by atoms with E-state index in [9.17, 15) is 14.4 Å². The largest absolute Gasteiger partial charge is 0.356 e. The number of para-hydroxylation sites is 2. The molecule has 1 unspecified atom stereocenters. The van der Waals surface area contributed by atoms with E-state index >= 15 is 0 Å². The summed E-state index contributed by atoms with van der Waals surface area (Å²) in [5.41, 5.74) is 5.16. The van der Waals surface area contributed by atoms with Gasteiger partial charge < -0.3 is 24.6 Å². The molecule has 1 N–H and O–H groups in total. The van der Waals surface area contributed by atoms with E-state index in [2.05, 4.69) is 40.0 Å². The lowest BCUT2D eigenvalue weighted by atomic mass is 9.96. The van der Waals surface area contributed by atoms with Crippen LogP contribution < -0.4 is 10.2 Å². The second-order valence-corrected chi connectivity index (χ2v) is 10.2. The summed E-state index contributed by atoms with van der Waals surface area (Å²) in [7, 11) is 2.05. The SMILES string of the molecule is CN1c2ccccc2C(=O)N2CCc3c(n(CCC(=O)NCCCN4CCCC4=O)c4ccccc34)C21. The number of carbonyl (C=O) groups excluding carboxylic acids is 3. The molecule has 4 heterocycles. The fourth-order valence-electron chi connectivity index (χ4n) is 6.29. The Hall–Kier alpha value is -3.81. The highest BCUT2D eigenvalue weighted by Crippen LogP contribution is 2.44. The highest BCUT2D eigenvalue weighted by molar-refractivity contribution is 6.02. The van der Waals surface area contributed by atoms with Crippen LogP contribution in [0.3, 0.4) is 0 Å². The minimum Gasteiger partial charge on any atom is -0.356 e. The van der Waals surface area contributed by atoms with Gasteiger partial charge in [-0.1, -0.05) is 30.3 Å². The molecule has 0 radical (unpaired) electrons. The Balaban J connectivity index is 1.23. The number of carbonyl (C=O) groups is 3.